The zero-order valence-electron chi connectivity index (χ0n) is 10.9. The number of primary amides is 1. The van der Waals surface area contributed by atoms with E-state index >= 15 is 0 Å². The molecule has 1 atom stereocenters. The van der Waals surface area contributed by atoms with E-state index in [1.165, 1.54) is 0 Å². The van der Waals surface area contributed by atoms with Crippen LogP contribution in [0.15, 0.2) is 18.2 Å². The van der Waals surface area contributed by atoms with Crippen LogP contribution in [0.1, 0.15) is 24.8 Å². The number of rotatable bonds is 4. The van der Waals surface area contributed by atoms with Gasteiger partial charge in [-0.2, -0.15) is 0 Å². The van der Waals surface area contributed by atoms with Crippen molar-refractivity contribution in [3.05, 3.63) is 33.8 Å². The van der Waals surface area contributed by atoms with E-state index in [2.05, 4.69) is 0 Å². The summed E-state index contributed by atoms with van der Waals surface area (Å²) in [6.07, 6.45) is 2.34. The fraction of sp³-hybridized carbons (Fsp3) is 0.429. The maximum Gasteiger partial charge on any atom is 0.240 e. The van der Waals surface area contributed by atoms with Gasteiger partial charge in [-0.25, -0.2) is 0 Å². The number of carbonyl (C=O) groups is 2. The first-order valence-electron chi connectivity index (χ1n) is 6.51. The predicted octanol–water partition coefficient (Wildman–Crippen LogP) is 2.40. The number of hydrogen-bond donors (Lipinski definition) is 1. The molecule has 0 unspecified atom stereocenters. The normalized spacial score (nSPS) is 18.3. The Hall–Kier alpha value is -1.26. The van der Waals surface area contributed by atoms with Crippen LogP contribution in [-0.4, -0.2) is 29.3 Å². The molecule has 0 aliphatic carbocycles. The van der Waals surface area contributed by atoms with Gasteiger partial charge in [0.1, 0.15) is 6.04 Å². The number of hydrogen-bond acceptors (Lipinski definition) is 2. The van der Waals surface area contributed by atoms with Gasteiger partial charge in [0.15, 0.2) is 0 Å². The van der Waals surface area contributed by atoms with Gasteiger partial charge in [0.25, 0.3) is 0 Å². The molecule has 0 aromatic heterocycles. The summed E-state index contributed by atoms with van der Waals surface area (Å²) in [5.41, 5.74) is 6.21. The Balaban J connectivity index is 1.96. The lowest BCUT2D eigenvalue weighted by Crippen LogP contribution is -2.43. The topological polar surface area (TPSA) is 63.4 Å². The van der Waals surface area contributed by atoms with Crippen molar-refractivity contribution < 1.29 is 9.59 Å². The molecule has 1 aliphatic heterocycles. The largest absolute Gasteiger partial charge is 0.368 e. The maximum atomic E-state index is 12.2. The first kappa shape index (κ1) is 15.1. The summed E-state index contributed by atoms with van der Waals surface area (Å²) in [7, 11) is 0. The Morgan fingerprint density at radius 1 is 1.25 bits per heavy atom. The highest BCUT2D eigenvalue weighted by atomic mass is 35.5. The molecule has 1 aromatic carbocycles. The molecule has 1 fully saturated rings. The number of nitrogens with zero attached hydrogens (tertiary/aromatic N) is 1. The van der Waals surface area contributed by atoms with Crippen LogP contribution >= 0.6 is 23.2 Å². The summed E-state index contributed by atoms with van der Waals surface area (Å²) in [5, 5.41) is 1.10. The van der Waals surface area contributed by atoms with E-state index < -0.39 is 11.9 Å². The van der Waals surface area contributed by atoms with Crippen LogP contribution in [-0.2, 0) is 16.0 Å². The Morgan fingerprint density at radius 3 is 2.50 bits per heavy atom. The molecule has 1 aliphatic rings. The smallest absolute Gasteiger partial charge is 0.240 e. The molecule has 6 heteroatoms. The van der Waals surface area contributed by atoms with Gasteiger partial charge in [-0.15, -0.1) is 0 Å². The van der Waals surface area contributed by atoms with E-state index in [1.807, 2.05) is 0 Å². The number of benzene rings is 1. The molecule has 1 aromatic rings. The molecule has 0 bridgehead atoms. The molecule has 2 amide bonds. The van der Waals surface area contributed by atoms with Gasteiger partial charge < -0.3 is 10.6 Å². The van der Waals surface area contributed by atoms with Crippen molar-refractivity contribution in [1.82, 2.24) is 4.90 Å². The van der Waals surface area contributed by atoms with Crippen LogP contribution in [0.25, 0.3) is 0 Å². The first-order valence-corrected chi connectivity index (χ1v) is 7.26. The molecule has 2 N–H and O–H groups in total. The molecule has 0 saturated carbocycles. The Bertz CT molecular complexity index is 514. The van der Waals surface area contributed by atoms with Gasteiger partial charge in [-0.1, -0.05) is 23.2 Å². The summed E-state index contributed by atoms with van der Waals surface area (Å²) in [6, 6.07) is 4.77. The molecule has 2 rings (SSSR count). The van der Waals surface area contributed by atoms with Crippen molar-refractivity contribution >= 4 is 35.0 Å². The molecule has 0 spiro atoms. The Kier molecular flexibility index (Phi) is 4.89. The summed E-state index contributed by atoms with van der Waals surface area (Å²) in [4.78, 5) is 25.0. The lowest BCUT2D eigenvalue weighted by molar-refractivity contribution is -0.137. The zero-order valence-corrected chi connectivity index (χ0v) is 12.5. The highest BCUT2D eigenvalue weighted by Crippen LogP contribution is 2.22. The lowest BCUT2D eigenvalue weighted by Gasteiger charge is -2.22. The van der Waals surface area contributed by atoms with Gasteiger partial charge in [-0.3, -0.25) is 9.59 Å². The molecule has 1 saturated heterocycles. The van der Waals surface area contributed by atoms with Crippen molar-refractivity contribution in [2.75, 3.05) is 6.54 Å². The average molecular weight is 315 g/mol. The molecule has 4 nitrogen and oxygen atoms in total. The average Bonchev–Trinajstić information content (AvgIpc) is 2.84. The minimum Gasteiger partial charge on any atom is -0.368 e. The molecule has 0 radical (unpaired) electrons. The summed E-state index contributed by atoms with van der Waals surface area (Å²) >= 11 is 11.8. The highest BCUT2D eigenvalue weighted by Gasteiger charge is 2.32. The van der Waals surface area contributed by atoms with Crippen LogP contribution in [0.2, 0.25) is 10.0 Å². The van der Waals surface area contributed by atoms with Gasteiger partial charge in [-0.05, 0) is 43.0 Å². The van der Waals surface area contributed by atoms with Crippen LogP contribution in [0.3, 0.4) is 0 Å². The van der Waals surface area contributed by atoms with Crippen LogP contribution < -0.4 is 5.73 Å². The second-order valence-corrected chi connectivity index (χ2v) is 5.80. The van der Waals surface area contributed by atoms with Crippen LogP contribution in [0.4, 0.5) is 0 Å². The van der Waals surface area contributed by atoms with E-state index in [1.54, 1.807) is 23.1 Å². The summed E-state index contributed by atoms with van der Waals surface area (Å²) in [5.74, 6) is -0.482. The van der Waals surface area contributed by atoms with Crippen LogP contribution in [0.5, 0.6) is 0 Å². The van der Waals surface area contributed by atoms with Crippen molar-refractivity contribution in [3.8, 4) is 0 Å². The number of amides is 2. The van der Waals surface area contributed by atoms with E-state index in [-0.39, 0.29) is 5.91 Å². The Morgan fingerprint density at radius 2 is 1.90 bits per heavy atom. The van der Waals surface area contributed by atoms with Crippen molar-refractivity contribution in [2.24, 2.45) is 5.73 Å². The fourth-order valence-electron chi connectivity index (χ4n) is 2.51. The fourth-order valence-corrected chi connectivity index (χ4v) is 3.08. The number of likely N-dealkylation sites (tertiary alicyclic amines) is 1. The maximum absolute atomic E-state index is 12.2. The quantitative estimate of drug-likeness (QED) is 0.927. The third kappa shape index (κ3) is 3.64. The van der Waals surface area contributed by atoms with Crippen molar-refractivity contribution in [2.45, 2.75) is 31.7 Å². The SMILES string of the molecule is NC(=O)[C@@H]1CCCN1C(=O)CCc1cc(Cl)cc(Cl)c1. The molecular formula is C14H16Cl2N2O2. The van der Waals surface area contributed by atoms with E-state index in [9.17, 15) is 9.59 Å². The first-order chi connectivity index (χ1) is 9.47. The lowest BCUT2D eigenvalue weighted by atomic mass is 10.1. The monoisotopic (exact) mass is 314 g/mol. The van der Waals surface area contributed by atoms with Crippen molar-refractivity contribution in [1.29, 1.82) is 0 Å². The Labute approximate surface area is 127 Å². The van der Waals surface area contributed by atoms with Gasteiger partial charge in [0.05, 0.1) is 0 Å². The summed E-state index contributed by atoms with van der Waals surface area (Å²) in [6.45, 7) is 0.600. The zero-order chi connectivity index (χ0) is 14.7. The molecular weight excluding hydrogens is 299 g/mol. The van der Waals surface area contributed by atoms with Gasteiger partial charge in [0.2, 0.25) is 11.8 Å². The standard InChI is InChI=1S/C14H16Cl2N2O2/c15-10-6-9(7-11(16)8-10)3-4-13(19)18-5-1-2-12(18)14(17)20/h6-8,12H,1-5H2,(H2,17,20)/t12-/m0/s1. The van der Waals surface area contributed by atoms with Gasteiger partial charge in [0, 0.05) is 23.0 Å². The number of aryl methyl sites for hydroxylation is 1. The minimum absolute atomic E-state index is 0.0533. The van der Waals surface area contributed by atoms with E-state index in [0.29, 0.717) is 35.9 Å². The second kappa shape index (κ2) is 6.46. The highest BCUT2D eigenvalue weighted by molar-refractivity contribution is 6.34. The molecule has 108 valence electrons. The van der Waals surface area contributed by atoms with Crippen LogP contribution in [0, 0.1) is 0 Å². The number of nitrogens with two attached hydrogens (primary N) is 1. The second-order valence-electron chi connectivity index (χ2n) is 4.93. The third-order valence-electron chi connectivity index (χ3n) is 3.45. The van der Waals surface area contributed by atoms with Gasteiger partial charge >= 0.3 is 0 Å². The minimum atomic E-state index is -0.453. The predicted molar refractivity (Wildman–Crippen MR) is 78.7 cm³/mol. The molecule has 20 heavy (non-hydrogen) atoms. The number of halogens is 2. The van der Waals surface area contributed by atoms with Crippen molar-refractivity contribution in [3.63, 3.8) is 0 Å². The summed E-state index contributed by atoms with van der Waals surface area (Å²) < 4.78 is 0. The van der Waals surface area contributed by atoms with E-state index in [0.717, 1.165) is 12.0 Å². The third-order valence-corrected chi connectivity index (χ3v) is 3.89. The number of carbonyl (C=O) groups excluding carboxylic acids is 2. The molecule has 1 heterocycles. The van der Waals surface area contributed by atoms with E-state index in [4.69, 9.17) is 28.9 Å².